The predicted molar refractivity (Wildman–Crippen MR) is 129 cm³/mol. The van der Waals surface area contributed by atoms with Crippen LogP contribution in [0.15, 0.2) is 58.3 Å². The van der Waals surface area contributed by atoms with E-state index in [1.54, 1.807) is 32.9 Å². The Balaban J connectivity index is 1.55. The highest BCUT2D eigenvalue weighted by atomic mass is 35.5. The van der Waals surface area contributed by atoms with E-state index in [1.807, 2.05) is 30.5 Å². The van der Waals surface area contributed by atoms with Gasteiger partial charge in [0, 0.05) is 39.9 Å². The van der Waals surface area contributed by atoms with Crippen LogP contribution in [-0.4, -0.2) is 26.9 Å². The Bertz CT molecular complexity index is 1280. The van der Waals surface area contributed by atoms with Gasteiger partial charge in [0.25, 0.3) is 5.22 Å². The van der Waals surface area contributed by atoms with Crippen LogP contribution in [0.25, 0.3) is 10.9 Å². The smallest absolute Gasteiger partial charge is 0.408 e. The standard InChI is InChI=1S/C24H24ClFN4O3S/c1-24(2,3)33-22(31)28-20(11-14-12-27-19-10-5-4-7-15(14)19)21-29-30-23(32-21)34-13-16-17(25)8-6-9-18(16)26/h4-10,12,20,27H,11,13H2,1-3H3,(H,28,31)/t20-/m1/s1. The van der Waals surface area contributed by atoms with Gasteiger partial charge in [0.05, 0.1) is 0 Å². The second-order valence-corrected chi connectivity index (χ2v) is 9.99. The lowest BCUT2D eigenvalue weighted by molar-refractivity contribution is 0.0494. The van der Waals surface area contributed by atoms with Crippen molar-refractivity contribution in [2.45, 2.75) is 49.8 Å². The second-order valence-electron chi connectivity index (χ2n) is 8.66. The zero-order chi connectivity index (χ0) is 24.3. The van der Waals surface area contributed by atoms with Crippen LogP contribution >= 0.6 is 23.4 Å². The molecule has 7 nitrogen and oxygen atoms in total. The summed E-state index contributed by atoms with van der Waals surface area (Å²) in [5.74, 6) is 0.0431. The molecule has 0 unspecified atom stereocenters. The summed E-state index contributed by atoms with van der Waals surface area (Å²) in [7, 11) is 0. The fourth-order valence-electron chi connectivity index (χ4n) is 3.39. The molecule has 2 N–H and O–H groups in total. The van der Waals surface area contributed by atoms with Crippen molar-refractivity contribution in [3.8, 4) is 0 Å². The summed E-state index contributed by atoms with van der Waals surface area (Å²) in [6, 6.07) is 11.8. The van der Waals surface area contributed by atoms with E-state index in [9.17, 15) is 9.18 Å². The number of carbonyl (C=O) groups excluding carboxylic acids is 1. The summed E-state index contributed by atoms with van der Waals surface area (Å²) in [6.07, 6.45) is 1.69. The van der Waals surface area contributed by atoms with Crippen LogP contribution in [-0.2, 0) is 16.9 Å². The van der Waals surface area contributed by atoms with Gasteiger partial charge in [0.2, 0.25) is 5.89 Å². The number of thioether (sulfide) groups is 1. The SMILES string of the molecule is CC(C)(C)OC(=O)N[C@H](Cc1c[nH]c2ccccc12)c1nnc(SCc2c(F)cccc2Cl)o1. The van der Waals surface area contributed by atoms with Crippen LogP contribution in [0.1, 0.15) is 43.8 Å². The quantitative estimate of drug-likeness (QED) is 0.282. The number of H-pyrrole nitrogens is 1. The Morgan fingerprint density at radius 3 is 2.79 bits per heavy atom. The van der Waals surface area contributed by atoms with E-state index in [4.69, 9.17) is 20.8 Å². The van der Waals surface area contributed by atoms with E-state index in [-0.39, 0.29) is 16.9 Å². The highest BCUT2D eigenvalue weighted by Crippen LogP contribution is 2.30. The fraction of sp³-hybridized carbons (Fsp3) is 0.292. The molecule has 0 aliphatic carbocycles. The van der Waals surface area contributed by atoms with Crippen LogP contribution in [0.4, 0.5) is 9.18 Å². The molecule has 4 rings (SSSR count). The predicted octanol–water partition coefficient (Wildman–Crippen LogP) is 6.44. The maximum absolute atomic E-state index is 14.1. The number of halogens is 2. The van der Waals surface area contributed by atoms with Crippen molar-refractivity contribution < 1.29 is 18.3 Å². The molecule has 2 heterocycles. The summed E-state index contributed by atoms with van der Waals surface area (Å²) in [5.41, 5.74) is 1.65. The average Bonchev–Trinajstić information content (AvgIpc) is 3.39. The number of aromatic amines is 1. The minimum Gasteiger partial charge on any atom is -0.444 e. The Labute approximate surface area is 205 Å². The first-order chi connectivity index (χ1) is 16.2. The maximum atomic E-state index is 14.1. The molecule has 2 aromatic carbocycles. The van der Waals surface area contributed by atoms with Crippen molar-refractivity contribution >= 4 is 40.4 Å². The number of ether oxygens (including phenoxy) is 1. The summed E-state index contributed by atoms with van der Waals surface area (Å²) in [5, 5.41) is 12.6. The van der Waals surface area contributed by atoms with Crippen LogP contribution < -0.4 is 5.32 Å². The molecular weight excluding hydrogens is 479 g/mol. The summed E-state index contributed by atoms with van der Waals surface area (Å²) < 4.78 is 25.3. The van der Waals surface area contributed by atoms with E-state index in [0.29, 0.717) is 17.0 Å². The molecule has 178 valence electrons. The van der Waals surface area contributed by atoms with Gasteiger partial charge in [-0.3, -0.25) is 0 Å². The monoisotopic (exact) mass is 502 g/mol. The molecule has 0 bridgehead atoms. The van der Waals surface area contributed by atoms with Crippen molar-refractivity contribution in [3.05, 3.63) is 76.5 Å². The van der Waals surface area contributed by atoms with Crippen LogP contribution in [0, 0.1) is 5.82 Å². The Morgan fingerprint density at radius 2 is 2.03 bits per heavy atom. The van der Waals surface area contributed by atoms with E-state index >= 15 is 0 Å². The zero-order valence-corrected chi connectivity index (χ0v) is 20.5. The molecule has 4 aromatic rings. The zero-order valence-electron chi connectivity index (χ0n) is 18.9. The second kappa shape index (κ2) is 10.1. The van der Waals surface area contributed by atoms with Crippen LogP contribution in [0.5, 0.6) is 0 Å². The Hall–Kier alpha value is -3.04. The Morgan fingerprint density at radius 1 is 1.24 bits per heavy atom. The van der Waals surface area contributed by atoms with Crippen molar-refractivity contribution in [3.63, 3.8) is 0 Å². The number of amides is 1. The molecule has 1 amide bonds. The number of carbonyl (C=O) groups is 1. The number of rotatable bonds is 7. The first-order valence-corrected chi connectivity index (χ1v) is 12.0. The number of nitrogens with zero attached hydrogens (tertiary/aromatic N) is 2. The molecule has 0 aliphatic rings. The number of para-hydroxylation sites is 1. The molecule has 0 radical (unpaired) electrons. The molecule has 10 heteroatoms. The lowest BCUT2D eigenvalue weighted by atomic mass is 10.1. The number of nitrogens with one attached hydrogen (secondary N) is 2. The molecule has 0 spiro atoms. The first kappa shape index (κ1) is 24.1. The highest BCUT2D eigenvalue weighted by molar-refractivity contribution is 7.98. The molecule has 1 atom stereocenters. The lowest BCUT2D eigenvalue weighted by Gasteiger charge is -2.22. The molecule has 0 saturated carbocycles. The largest absolute Gasteiger partial charge is 0.444 e. The van der Waals surface area contributed by atoms with E-state index in [0.717, 1.165) is 28.2 Å². The van der Waals surface area contributed by atoms with Gasteiger partial charge >= 0.3 is 6.09 Å². The summed E-state index contributed by atoms with van der Waals surface area (Å²) in [4.78, 5) is 15.8. The van der Waals surface area contributed by atoms with Crippen LogP contribution in [0.2, 0.25) is 5.02 Å². The number of benzene rings is 2. The van der Waals surface area contributed by atoms with Gasteiger partial charge in [-0.05, 0) is 44.5 Å². The molecular formula is C24H24ClFN4O3S. The summed E-state index contributed by atoms with van der Waals surface area (Å²) >= 11 is 7.27. The minimum absolute atomic E-state index is 0.221. The van der Waals surface area contributed by atoms with Crippen molar-refractivity contribution in [2.75, 3.05) is 0 Å². The first-order valence-electron chi connectivity index (χ1n) is 10.6. The van der Waals surface area contributed by atoms with Gasteiger partial charge in [-0.15, -0.1) is 10.2 Å². The Kier molecular flexibility index (Phi) is 7.13. The number of fused-ring (bicyclic) bond motifs is 1. The van der Waals surface area contributed by atoms with Gasteiger partial charge in [-0.25, -0.2) is 9.18 Å². The van der Waals surface area contributed by atoms with Gasteiger partial charge in [0.1, 0.15) is 17.5 Å². The number of aromatic nitrogens is 3. The van der Waals surface area contributed by atoms with Gasteiger partial charge in [-0.1, -0.05) is 47.6 Å². The summed E-state index contributed by atoms with van der Waals surface area (Å²) in [6.45, 7) is 5.36. The van der Waals surface area contributed by atoms with Gasteiger partial charge < -0.3 is 19.5 Å². The lowest BCUT2D eigenvalue weighted by Crippen LogP contribution is -2.36. The third-order valence-electron chi connectivity index (χ3n) is 4.91. The number of hydrogen-bond donors (Lipinski definition) is 2. The van der Waals surface area contributed by atoms with Crippen molar-refractivity contribution in [1.29, 1.82) is 0 Å². The highest BCUT2D eigenvalue weighted by Gasteiger charge is 2.26. The third kappa shape index (κ3) is 5.90. The van der Waals surface area contributed by atoms with E-state index in [2.05, 4.69) is 20.5 Å². The normalized spacial score (nSPS) is 12.6. The van der Waals surface area contributed by atoms with Gasteiger partial charge in [-0.2, -0.15) is 0 Å². The minimum atomic E-state index is -0.662. The molecule has 34 heavy (non-hydrogen) atoms. The molecule has 0 saturated heterocycles. The van der Waals surface area contributed by atoms with Gasteiger partial charge in [0.15, 0.2) is 0 Å². The fourth-order valence-corrected chi connectivity index (χ4v) is 4.51. The number of alkyl carbamates (subject to hydrolysis) is 1. The molecule has 2 aromatic heterocycles. The average molecular weight is 503 g/mol. The van der Waals surface area contributed by atoms with E-state index in [1.165, 1.54) is 6.07 Å². The molecule has 0 aliphatic heterocycles. The topological polar surface area (TPSA) is 93.0 Å². The number of hydrogen-bond acceptors (Lipinski definition) is 6. The van der Waals surface area contributed by atoms with E-state index < -0.39 is 23.6 Å². The van der Waals surface area contributed by atoms with Crippen molar-refractivity contribution in [1.82, 2.24) is 20.5 Å². The van der Waals surface area contributed by atoms with Crippen LogP contribution in [0.3, 0.4) is 0 Å². The van der Waals surface area contributed by atoms with Crippen molar-refractivity contribution in [2.24, 2.45) is 0 Å². The molecule has 0 fully saturated rings. The third-order valence-corrected chi connectivity index (χ3v) is 6.11. The maximum Gasteiger partial charge on any atom is 0.408 e.